The number of hydrogen-bond donors (Lipinski definition) is 2. The molecule has 0 saturated carbocycles. The third-order valence-corrected chi connectivity index (χ3v) is 4.18. The molecule has 0 aliphatic carbocycles. The van der Waals surface area contributed by atoms with Gasteiger partial charge in [0.1, 0.15) is 0 Å². The van der Waals surface area contributed by atoms with Crippen LogP contribution >= 0.6 is 0 Å². The molecular weight excluding hydrogens is 288 g/mol. The Morgan fingerprint density at radius 3 is 2.87 bits per heavy atom. The van der Waals surface area contributed by atoms with Crippen molar-refractivity contribution in [1.29, 1.82) is 0 Å². The number of ether oxygens (including phenoxy) is 1. The molecule has 0 radical (unpaired) electrons. The molecule has 0 fully saturated rings. The van der Waals surface area contributed by atoms with Crippen molar-refractivity contribution in [3.05, 3.63) is 35.4 Å². The van der Waals surface area contributed by atoms with Crippen LogP contribution in [0.2, 0.25) is 0 Å². The third kappa shape index (κ3) is 5.84. The molecule has 2 rings (SSSR count). The molecule has 1 atom stereocenters. The number of aliphatic imine (C=N–C) groups is 1. The summed E-state index contributed by atoms with van der Waals surface area (Å²) in [6.45, 7) is 7.04. The van der Waals surface area contributed by atoms with E-state index in [0.717, 1.165) is 38.6 Å². The molecule has 5 heteroatoms. The van der Waals surface area contributed by atoms with E-state index in [1.807, 2.05) is 0 Å². The Morgan fingerprint density at radius 2 is 2.13 bits per heavy atom. The van der Waals surface area contributed by atoms with Crippen molar-refractivity contribution in [3.63, 3.8) is 0 Å². The minimum absolute atomic E-state index is 0.254. The molecule has 0 spiro atoms. The van der Waals surface area contributed by atoms with Crippen LogP contribution in [0.3, 0.4) is 0 Å². The van der Waals surface area contributed by atoms with E-state index in [9.17, 15) is 0 Å². The van der Waals surface area contributed by atoms with E-state index in [1.54, 1.807) is 14.2 Å². The fourth-order valence-electron chi connectivity index (χ4n) is 2.97. The van der Waals surface area contributed by atoms with Gasteiger partial charge in [0.05, 0.1) is 6.61 Å². The Kier molecular flexibility index (Phi) is 7.36. The van der Waals surface area contributed by atoms with Gasteiger partial charge in [0.25, 0.3) is 0 Å². The molecule has 0 saturated heterocycles. The summed E-state index contributed by atoms with van der Waals surface area (Å²) >= 11 is 0. The molecule has 1 aromatic rings. The van der Waals surface area contributed by atoms with Crippen molar-refractivity contribution in [2.45, 2.75) is 32.4 Å². The summed E-state index contributed by atoms with van der Waals surface area (Å²) in [5, 5.41) is 6.69. The minimum atomic E-state index is 0.254. The van der Waals surface area contributed by atoms with E-state index in [4.69, 9.17) is 4.74 Å². The molecule has 2 N–H and O–H groups in total. The second-order valence-corrected chi connectivity index (χ2v) is 6.15. The quantitative estimate of drug-likeness (QED) is 0.456. The molecule has 0 amide bonds. The van der Waals surface area contributed by atoms with Gasteiger partial charge in [0.2, 0.25) is 0 Å². The van der Waals surface area contributed by atoms with E-state index in [-0.39, 0.29) is 6.04 Å². The third-order valence-electron chi connectivity index (χ3n) is 4.18. The SMILES string of the molecule is CN=C(NCCCN1CCc2ccccc2C1)NC(C)COC. The molecule has 5 nitrogen and oxygen atoms in total. The standard InChI is InChI=1S/C18H30N4O/c1-15(14-23-3)21-18(19-2)20-10-6-11-22-12-9-16-7-4-5-8-17(16)13-22/h4-5,7-8,15H,6,9-14H2,1-3H3,(H2,19,20,21). The number of methoxy groups -OCH3 is 1. The highest BCUT2D eigenvalue weighted by molar-refractivity contribution is 5.79. The summed E-state index contributed by atoms with van der Waals surface area (Å²) in [7, 11) is 3.52. The first-order chi connectivity index (χ1) is 11.2. The maximum Gasteiger partial charge on any atom is 0.191 e. The first-order valence-corrected chi connectivity index (χ1v) is 8.48. The van der Waals surface area contributed by atoms with Crippen molar-refractivity contribution >= 4 is 5.96 Å². The lowest BCUT2D eigenvalue weighted by atomic mass is 10.00. The minimum Gasteiger partial charge on any atom is -0.383 e. The van der Waals surface area contributed by atoms with Gasteiger partial charge in [-0.1, -0.05) is 24.3 Å². The van der Waals surface area contributed by atoms with Gasteiger partial charge in [-0.05, 0) is 30.9 Å². The second kappa shape index (κ2) is 9.53. The van der Waals surface area contributed by atoms with Crippen LogP contribution in [0.15, 0.2) is 29.3 Å². The van der Waals surface area contributed by atoms with Crippen molar-refractivity contribution in [2.24, 2.45) is 4.99 Å². The molecule has 1 aliphatic rings. The molecule has 1 unspecified atom stereocenters. The van der Waals surface area contributed by atoms with Gasteiger partial charge in [-0.3, -0.25) is 9.89 Å². The zero-order valence-corrected chi connectivity index (χ0v) is 14.6. The van der Waals surface area contributed by atoms with Crippen LogP contribution in [0.1, 0.15) is 24.5 Å². The summed E-state index contributed by atoms with van der Waals surface area (Å²) in [6.07, 6.45) is 2.28. The smallest absolute Gasteiger partial charge is 0.191 e. The molecule has 128 valence electrons. The highest BCUT2D eigenvalue weighted by atomic mass is 16.5. The fraction of sp³-hybridized carbons (Fsp3) is 0.611. The van der Waals surface area contributed by atoms with Crippen LogP contribution in [-0.4, -0.2) is 57.3 Å². The van der Waals surface area contributed by atoms with E-state index in [1.165, 1.54) is 17.5 Å². The Bertz CT molecular complexity index is 504. The number of nitrogens with zero attached hydrogens (tertiary/aromatic N) is 2. The van der Waals surface area contributed by atoms with Crippen LogP contribution in [-0.2, 0) is 17.7 Å². The average Bonchev–Trinajstić information content (AvgIpc) is 2.57. The zero-order valence-electron chi connectivity index (χ0n) is 14.6. The molecule has 23 heavy (non-hydrogen) atoms. The highest BCUT2D eigenvalue weighted by Crippen LogP contribution is 2.18. The second-order valence-electron chi connectivity index (χ2n) is 6.15. The van der Waals surface area contributed by atoms with Crippen LogP contribution < -0.4 is 10.6 Å². The largest absolute Gasteiger partial charge is 0.383 e. The lowest BCUT2D eigenvalue weighted by molar-refractivity contribution is 0.179. The van der Waals surface area contributed by atoms with Gasteiger partial charge in [0.15, 0.2) is 5.96 Å². The van der Waals surface area contributed by atoms with Gasteiger partial charge >= 0.3 is 0 Å². The molecule has 0 bridgehead atoms. The van der Waals surface area contributed by atoms with Crippen LogP contribution in [0.4, 0.5) is 0 Å². The summed E-state index contributed by atoms with van der Waals surface area (Å²) in [5.41, 5.74) is 3.00. The monoisotopic (exact) mass is 318 g/mol. The number of benzene rings is 1. The Balaban J connectivity index is 1.66. The average molecular weight is 318 g/mol. The zero-order chi connectivity index (χ0) is 16.5. The van der Waals surface area contributed by atoms with Gasteiger partial charge in [-0.25, -0.2) is 0 Å². The Morgan fingerprint density at radius 1 is 1.35 bits per heavy atom. The molecular formula is C18H30N4O. The number of nitrogens with one attached hydrogen (secondary N) is 2. The summed E-state index contributed by atoms with van der Waals surface area (Å²) in [4.78, 5) is 6.79. The lowest BCUT2D eigenvalue weighted by Crippen LogP contribution is -2.44. The van der Waals surface area contributed by atoms with Crippen LogP contribution in [0.5, 0.6) is 0 Å². The first-order valence-electron chi connectivity index (χ1n) is 8.48. The first kappa shape index (κ1) is 17.8. The fourth-order valence-corrected chi connectivity index (χ4v) is 2.97. The maximum atomic E-state index is 5.13. The molecule has 1 aromatic carbocycles. The van der Waals surface area contributed by atoms with E-state index >= 15 is 0 Å². The van der Waals surface area contributed by atoms with E-state index in [2.05, 4.69) is 51.7 Å². The highest BCUT2D eigenvalue weighted by Gasteiger charge is 2.14. The van der Waals surface area contributed by atoms with Crippen molar-refractivity contribution in [1.82, 2.24) is 15.5 Å². The van der Waals surface area contributed by atoms with Gasteiger partial charge in [-0.15, -0.1) is 0 Å². The van der Waals surface area contributed by atoms with E-state index in [0.29, 0.717) is 6.61 Å². The topological polar surface area (TPSA) is 48.9 Å². The van der Waals surface area contributed by atoms with E-state index < -0.39 is 0 Å². The predicted octanol–water partition coefficient (Wildman–Crippen LogP) is 1.63. The van der Waals surface area contributed by atoms with Crippen molar-refractivity contribution in [2.75, 3.05) is 40.4 Å². The van der Waals surface area contributed by atoms with Crippen molar-refractivity contribution < 1.29 is 4.74 Å². The van der Waals surface area contributed by atoms with Crippen LogP contribution in [0.25, 0.3) is 0 Å². The number of guanidine groups is 1. The molecule has 0 aromatic heterocycles. The summed E-state index contributed by atoms with van der Waals surface area (Å²) in [6, 6.07) is 9.04. The number of rotatable bonds is 7. The maximum absolute atomic E-state index is 5.13. The van der Waals surface area contributed by atoms with Gasteiger partial charge in [0, 0.05) is 46.4 Å². The Hall–Kier alpha value is -1.59. The lowest BCUT2D eigenvalue weighted by Gasteiger charge is -2.28. The molecule has 1 aliphatic heterocycles. The van der Waals surface area contributed by atoms with Crippen molar-refractivity contribution in [3.8, 4) is 0 Å². The molecule has 1 heterocycles. The number of fused-ring (bicyclic) bond motifs is 1. The predicted molar refractivity (Wildman–Crippen MR) is 95.9 cm³/mol. The summed E-state index contributed by atoms with van der Waals surface area (Å²) < 4.78 is 5.13. The number of hydrogen-bond acceptors (Lipinski definition) is 3. The normalized spacial score (nSPS) is 16.7. The van der Waals surface area contributed by atoms with Crippen LogP contribution in [0, 0.1) is 0 Å². The van der Waals surface area contributed by atoms with Gasteiger partial charge < -0.3 is 15.4 Å². The van der Waals surface area contributed by atoms with Gasteiger partial charge in [-0.2, -0.15) is 0 Å². The Labute approximate surface area is 140 Å². The summed E-state index contributed by atoms with van der Waals surface area (Å²) in [5.74, 6) is 0.846.